The molecule has 0 aromatic heterocycles. The van der Waals surface area contributed by atoms with Gasteiger partial charge in [-0.3, -0.25) is 24.1 Å². The summed E-state index contributed by atoms with van der Waals surface area (Å²) in [7, 11) is 0. The van der Waals surface area contributed by atoms with Gasteiger partial charge in [-0.15, -0.1) is 0 Å². The van der Waals surface area contributed by atoms with Crippen LogP contribution in [0.1, 0.15) is 19.4 Å². The van der Waals surface area contributed by atoms with E-state index in [9.17, 15) is 19.2 Å². The zero-order valence-electron chi connectivity index (χ0n) is 24.4. The number of Topliss-reactive ketones (excluding diaryl/α,β-unsaturated/α-hetero) is 1. The van der Waals surface area contributed by atoms with Crippen molar-refractivity contribution in [3.05, 3.63) is 64.1 Å². The lowest BCUT2D eigenvalue weighted by Gasteiger charge is -2.28. The van der Waals surface area contributed by atoms with Crippen LogP contribution in [0.4, 0.5) is 8.78 Å². The minimum absolute atomic E-state index is 0.0150. The first-order valence-corrected chi connectivity index (χ1v) is 14.9. The van der Waals surface area contributed by atoms with Crippen molar-refractivity contribution in [2.75, 3.05) is 46.0 Å². The summed E-state index contributed by atoms with van der Waals surface area (Å²) in [5.74, 6) is -10.1. The number of halogens is 4. The molecule has 2 unspecified atom stereocenters. The fourth-order valence-electron chi connectivity index (χ4n) is 4.42. The van der Waals surface area contributed by atoms with Crippen molar-refractivity contribution >= 4 is 46.7 Å². The second kappa shape index (κ2) is 16.7. The average Bonchev–Trinajstić information content (AvgIpc) is 2.98. The van der Waals surface area contributed by atoms with Gasteiger partial charge >= 0.3 is 5.92 Å². The normalized spacial score (nSPS) is 15.2. The summed E-state index contributed by atoms with van der Waals surface area (Å²) in [4.78, 5) is 53.5. The molecule has 44 heavy (non-hydrogen) atoms. The van der Waals surface area contributed by atoms with E-state index in [1.165, 1.54) is 32.0 Å². The van der Waals surface area contributed by atoms with Crippen molar-refractivity contribution in [3.8, 4) is 5.75 Å². The number of hydrogen-bond donors (Lipinski definition) is 3. The van der Waals surface area contributed by atoms with Crippen LogP contribution in [0, 0.1) is 5.92 Å². The number of nitrogens with one attached hydrogen (secondary N) is 3. The summed E-state index contributed by atoms with van der Waals surface area (Å²) in [6.45, 7) is 4.87. The Balaban J connectivity index is 1.67. The van der Waals surface area contributed by atoms with Crippen LogP contribution < -0.4 is 20.7 Å². The number of morpholine rings is 1. The number of carbonyl (C=O) groups is 4. The summed E-state index contributed by atoms with van der Waals surface area (Å²) >= 11 is 11.9. The third-order valence-corrected chi connectivity index (χ3v) is 7.24. The molecule has 3 N–H and O–H groups in total. The van der Waals surface area contributed by atoms with E-state index < -0.39 is 54.0 Å². The SMILES string of the molecule is CC(C)C(NC(=O)C(Cc1ccccc1)NC(=O)COc1cc(Cl)cc(Cl)c1)C(=O)C(F)(F)C(=O)NCCN1CCOCC1. The first kappa shape index (κ1) is 35.2. The molecular formula is C30H36Cl2F2N4O6. The van der Waals surface area contributed by atoms with Gasteiger partial charge in [0, 0.05) is 42.6 Å². The number of benzene rings is 2. The number of rotatable bonds is 15. The van der Waals surface area contributed by atoms with Gasteiger partial charge in [-0.05, 0) is 29.7 Å². The lowest BCUT2D eigenvalue weighted by atomic mass is 9.94. The maximum atomic E-state index is 15.1. The highest BCUT2D eigenvalue weighted by molar-refractivity contribution is 6.34. The van der Waals surface area contributed by atoms with E-state index in [0.29, 0.717) is 48.5 Å². The van der Waals surface area contributed by atoms with Gasteiger partial charge in [0.15, 0.2) is 6.61 Å². The summed E-state index contributed by atoms with van der Waals surface area (Å²) in [5.41, 5.74) is 0.660. The first-order valence-electron chi connectivity index (χ1n) is 14.1. The number of nitrogens with zero attached hydrogens (tertiary/aromatic N) is 1. The highest BCUT2D eigenvalue weighted by Crippen LogP contribution is 2.24. The number of carbonyl (C=O) groups excluding carboxylic acids is 4. The van der Waals surface area contributed by atoms with Crippen LogP contribution in [0.5, 0.6) is 5.75 Å². The van der Waals surface area contributed by atoms with E-state index in [1.54, 1.807) is 30.3 Å². The van der Waals surface area contributed by atoms with E-state index in [1.807, 2.05) is 4.90 Å². The monoisotopic (exact) mass is 656 g/mol. The molecule has 3 rings (SSSR count). The second-order valence-corrected chi connectivity index (χ2v) is 11.5. The molecule has 1 saturated heterocycles. The van der Waals surface area contributed by atoms with Crippen LogP contribution in [-0.4, -0.2) is 92.4 Å². The molecular weight excluding hydrogens is 621 g/mol. The van der Waals surface area contributed by atoms with Gasteiger partial charge in [-0.25, -0.2) is 0 Å². The Morgan fingerprint density at radius 3 is 2.25 bits per heavy atom. The molecule has 240 valence electrons. The molecule has 0 bridgehead atoms. The predicted octanol–water partition coefficient (Wildman–Crippen LogP) is 2.89. The molecule has 0 spiro atoms. The number of ketones is 1. The van der Waals surface area contributed by atoms with Crippen molar-refractivity contribution < 1.29 is 37.4 Å². The quantitative estimate of drug-likeness (QED) is 0.252. The molecule has 2 aromatic carbocycles. The third kappa shape index (κ3) is 10.7. The van der Waals surface area contributed by atoms with Crippen LogP contribution in [-0.2, 0) is 30.3 Å². The molecule has 1 fully saturated rings. The Labute approximate surface area is 264 Å². The van der Waals surface area contributed by atoms with E-state index in [4.69, 9.17) is 32.7 Å². The molecule has 14 heteroatoms. The van der Waals surface area contributed by atoms with Crippen LogP contribution in [0.15, 0.2) is 48.5 Å². The van der Waals surface area contributed by atoms with Gasteiger partial charge in [0.1, 0.15) is 11.8 Å². The van der Waals surface area contributed by atoms with Crippen molar-refractivity contribution in [3.63, 3.8) is 0 Å². The zero-order valence-corrected chi connectivity index (χ0v) is 25.9. The van der Waals surface area contributed by atoms with Crippen molar-refractivity contribution in [2.24, 2.45) is 5.92 Å². The highest BCUT2D eigenvalue weighted by atomic mass is 35.5. The molecule has 3 amide bonds. The Hall–Kier alpha value is -3.32. The molecule has 2 aromatic rings. The summed E-state index contributed by atoms with van der Waals surface area (Å²) in [5, 5.41) is 7.58. The van der Waals surface area contributed by atoms with Crippen molar-refractivity contribution in [1.82, 2.24) is 20.9 Å². The maximum Gasteiger partial charge on any atom is 0.383 e. The Morgan fingerprint density at radius 1 is 1.00 bits per heavy atom. The molecule has 1 heterocycles. The second-order valence-electron chi connectivity index (χ2n) is 10.6. The van der Waals surface area contributed by atoms with Crippen molar-refractivity contribution in [1.29, 1.82) is 0 Å². The molecule has 1 aliphatic rings. The summed E-state index contributed by atoms with van der Waals surface area (Å²) < 4.78 is 40.8. The Kier molecular flexibility index (Phi) is 13.3. The van der Waals surface area contributed by atoms with Gasteiger partial charge in [-0.1, -0.05) is 67.4 Å². The fourth-order valence-corrected chi connectivity index (χ4v) is 4.92. The number of alkyl halides is 2. The van der Waals surface area contributed by atoms with E-state index in [2.05, 4.69) is 16.0 Å². The van der Waals surface area contributed by atoms with Crippen LogP contribution >= 0.6 is 23.2 Å². The average molecular weight is 658 g/mol. The van der Waals surface area contributed by atoms with E-state index in [-0.39, 0.29) is 18.7 Å². The molecule has 10 nitrogen and oxygen atoms in total. The molecule has 1 aliphatic heterocycles. The molecule has 2 atom stereocenters. The first-order chi connectivity index (χ1) is 20.9. The summed E-state index contributed by atoms with van der Waals surface area (Å²) in [6.07, 6.45) is -0.0150. The topological polar surface area (TPSA) is 126 Å². The van der Waals surface area contributed by atoms with E-state index >= 15 is 8.78 Å². The minimum Gasteiger partial charge on any atom is -0.484 e. The van der Waals surface area contributed by atoms with Gasteiger partial charge in [0.25, 0.3) is 11.8 Å². The number of amides is 3. The van der Waals surface area contributed by atoms with Crippen LogP contribution in [0.3, 0.4) is 0 Å². The van der Waals surface area contributed by atoms with Crippen molar-refractivity contribution in [2.45, 2.75) is 38.3 Å². The summed E-state index contributed by atoms with van der Waals surface area (Å²) in [6, 6.07) is 10.1. The lowest BCUT2D eigenvalue weighted by molar-refractivity contribution is -0.161. The van der Waals surface area contributed by atoms with Gasteiger partial charge in [0.2, 0.25) is 11.7 Å². The van der Waals surface area contributed by atoms with Gasteiger partial charge in [0.05, 0.1) is 19.3 Å². The predicted molar refractivity (Wildman–Crippen MR) is 161 cm³/mol. The molecule has 0 radical (unpaired) electrons. The zero-order chi connectivity index (χ0) is 32.3. The van der Waals surface area contributed by atoms with Crippen LogP contribution in [0.25, 0.3) is 0 Å². The number of ether oxygens (including phenoxy) is 2. The maximum absolute atomic E-state index is 15.1. The Morgan fingerprint density at radius 2 is 1.64 bits per heavy atom. The molecule has 0 saturated carbocycles. The van der Waals surface area contributed by atoms with E-state index in [0.717, 1.165) is 0 Å². The van der Waals surface area contributed by atoms with Gasteiger partial charge in [-0.2, -0.15) is 8.78 Å². The smallest absolute Gasteiger partial charge is 0.383 e. The highest BCUT2D eigenvalue weighted by Gasteiger charge is 2.51. The van der Waals surface area contributed by atoms with Crippen LogP contribution in [0.2, 0.25) is 10.0 Å². The third-order valence-electron chi connectivity index (χ3n) is 6.80. The number of hydrogen-bond acceptors (Lipinski definition) is 7. The fraction of sp³-hybridized carbons (Fsp3) is 0.467. The molecule has 0 aliphatic carbocycles. The lowest BCUT2D eigenvalue weighted by Crippen LogP contribution is -2.59. The van der Waals surface area contributed by atoms with Gasteiger partial charge < -0.3 is 25.4 Å². The largest absolute Gasteiger partial charge is 0.484 e. The Bertz CT molecular complexity index is 1280. The minimum atomic E-state index is -4.41. The standard InChI is InChI=1S/C30H36Cl2F2N4O6/c1-19(2)26(27(40)30(33,34)29(42)35-8-9-38-10-12-43-13-11-38)37-28(41)24(14-20-6-4-3-5-7-20)36-25(39)18-44-23-16-21(31)15-22(32)17-23/h3-7,15-17,19,24,26H,8-14,18H2,1-2H3,(H,35,42)(H,36,39)(H,37,41).